The third-order valence-corrected chi connectivity index (χ3v) is 8.81. The Kier molecular flexibility index (Phi) is 8.79. The second kappa shape index (κ2) is 12.6. The zero-order chi connectivity index (χ0) is 32.5. The molecule has 0 saturated carbocycles. The van der Waals surface area contributed by atoms with Gasteiger partial charge in [0.25, 0.3) is 10.0 Å². The van der Waals surface area contributed by atoms with E-state index in [4.69, 9.17) is 0 Å². The molecule has 1 atom stereocenters. The monoisotopic (exact) mass is 641 g/mol. The molecule has 1 saturated heterocycles. The number of carboxylic acid groups (broad SMARTS) is 1. The maximum Gasteiger partial charge on any atom is 0.341 e. The number of carboxylic acids is 1. The third-order valence-electron chi connectivity index (χ3n) is 7.47. The predicted octanol–water partition coefficient (Wildman–Crippen LogP) is 2.74. The average Bonchev–Trinajstić information content (AvgIpc) is 2.99. The standard InChI is InChI=1S/C29H29F2N7O6S/c1-3-36-15-21(28(41)42)27(40)20-13-22(30)26(24(31)25(20)36)38-12-11-37(17(2)14-38)16-23(39)34-18-5-7-19(8-6-18)45(43,44)35-29-32-9-4-10-33-29/h4-10,13,15,17H,3,11-12,14,16H2,1-2H3,(H,34,39)(H,41,42)(H,32,33,35). The number of anilines is 3. The molecule has 0 spiro atoms. The van der Waals surface area contributed by atoms with Crippen LogP contribution in [0.3, 0.4) is 0 Å². The SMILES string of the molecule is CCn1cc(C(=O)O)c(=O)c2cc(F)c(N3CCN(CC(=O)Nc4ccc(S(=O)(=O)Nc5ncccn5)cc4)C(C)C3)c(F)c21. The molecule has 3 heterocycles. The molecule has 16 heteroatoms. The summed E-state index contributed by atoms with van der Waals surface area (Å²) in [6.45, 7) is 4.20. The number of fused-ring (bicyclic) bond motifs is 1. The summed E-state index contributed by atoms with van der Waals surface area (Å²) >= 11 is 0. The van der Waals surface area contributed by atoms with Crippen LogP contribution in [0.25, 0.3) is 10.9 Å². The first-order valence-corrected chi connectivity index (χ1v) is 15.3. The molecule has 3 N–H and O–H groups in total. The number of hydrogen-bond acceptors (Lipinski definition) is 9. The molecule has 1 fully saturated rings. The zero-order valence-corrected chi connectivity index (χ0v) is 25.0. The van der Waals surface area contributed by atoms with Crippen LogP contribution in [0.1, 0.15) is 24.2 Å². The number of halogens is 2. The highest BCUT2D eigenvalue weighted by atomic mass is 32.2. The van der Waals surface area contributed by atoms with E-state index in [1.807, 2.05) is 4.90 Å². The molecule has 5 rings (SSSR count). The number of aromatic carboxylic acids is 1. The minimum Gasteiger partial charge on any atom is -0.477 e. The van der Waals surface area contributed by atoms with E-state index in [1.54, 1.807) is 19.9 Å². The van der Waals surface area contributed by atoms with Gasteiger partial charge in [0.1, 0.15) is 17.1 Å². The highest BCUT2D eigenvalue weighted by molar-refractivity contribution is 7.92. The maximum atomic E-state index is 15.8. The second-order valence-corrected chi connectivity index (χ2v) is 12.1. The van der Waals surface area contributed by atoms with Crippen molar-refractivity contribution in [1.82, 2.24) is 19.4 Å². The van der Waals surface area contributed by atoms with Gasteiger partial charge >= 0.3 is 5.97 Å². The molecule has 0 bridgehead atoms. The van der Waals surface area contributed by atoms with Gasteiger partial charge in [-0.1, -0.05) is 0 Å². The summed E-state index contributed by atoms with van der Waals surface area (Å²) in [6.07, 6.45) is 3.85. The Morgan fingerprint density at radius 1 is 1.11 bits per heavy atom. The number of pyridine rings is 1. The molecule has 45 heavy (non-hydrogen) atoms. The van der Waals surface area contributed by atoms with Crippen LogP contribution >= 0.6 is 0 Å². The molecule has 1 unspecified atom stereocenters. The van der Waals surface area contributed by atoms with Crippen LogP contribution in [0.15, 0.2) is 64.7 Å². The number of aromatic nitrogens is 3. The minimum atomic E-state index is -3.94. The van der Waals surface area contributed by atoms with Gasteiger partial charge in [-0.15, -0.1) is 0 Å². The zero-order valence-electron chi connectivity index (χ0n) is 24.2. The van der Waals surface area contributed by atoms with Gasteiger partial charge in [-0.3, -0.25) is 14.5 Å². The fourth-order valence-corrected chi connectivity index (χ4v) is 6.19. The van der Waals surface area contributed by atoms with E-state index < -0.39 is 38.6 Å². The quantitative estimate of drug-likeness (QED) is 0.247. The van der Waals surface area contributed by atoms with Crippen molar-refractivity contribution in [2.75, 3.05) is 41.1 Å². The molecule has 2 aromatic carbocycles. The lowest BCUT2D eigenvalue weighted by Crippen LogP contribution is -2.54. The summed E-state index contributed by atoms with van der Waals surface area (Å²) in [7, 11) is -3.94. The summed E-state index contributed by atoms with van der Waals surface area (Å²) in [5.41, 5.74) is -1.68. The second-order valence-electron chi connectivity index (χ2n) is 10.4. The summed E-state index contributed by atoms with van der Waals surface area (Å²) in [4.78, 5) is 48.0. The van der Waals surface area contributed by atoms with Crippen LogP contribution in [-0.4, -0.2) is 77.1 Å². The number of aryl methyl sites for hydroxylation is 1. The first-order valence-electron chi connectivity index (χ1n) is 13.9. The number of amides is 1. The Balaban J connectivity index is 1.25. The van der Waals surface area contributed by atoms with Crippen molar-refractivity contribution in [3.05, 3.63) is 82.4 Å². The number of hydrogen-bond donors (Lipinski definition) is 3. The normalized spacial score (nSPS) is 15.6. The van der Waals surface area contributed by atoms with Gasteiger partial charge in [-0.05, 0) is 50.2 Å². The number of carbonyl (C=O) groups is 2. The van der Waals surface area contributed by atoms with E-state index in [0.29, 0.717) is 5.69 Å². The highest BCUT2D eigenvalue weighted by Gasteiger charge is 2.31. The first kappa shape index (κ1) is 31.5. The van der Waals surface area contributed by atoms with Crippen LogP contribution in [0.5, 0.6) is 0 Å². The number of carbonyl (C=O) groups excluding carboxylic acids is 1. The van der Waals surface area contributed by atoms with Gasteiger partial charge in [-0.2, -0.15) is 0 Å². The Hall–Kier alpha value is -4.96. The molecule has 2 aromatic heterocycles. The van der Waals surface area contributed by atoms with Crippen LogP contribution < -0.4 is 20.4 Å². The number of nitrogens with zero attached hydrogens (tertiary/aromatic N) is 5. The highest BCUT2D eigenvalue weighted by Crippen LogP contribution is 2.31. The van der Waals surface area contributed by atoms with Crippen LogP contribution in [0.2, 0.25) is 0 Å². The average molecular weight is 642 g/mol. The van der Waals surface area contributed by atoms with Crippen LogP contribution in [0.4, 0.5) is 26.1 Å². The molecular weight excluding hydrogens is 612 g/mol. The molecule has 1 aliphatic rings. The Bertz CT molecular complexity index is 1940. The third kappa shape index (κ3) is 6.46. The van der Waals surface area contributed by atoms with Gasteiger partial charge in [0.15, 0.2) is 5.82 Å². The van der Waals surface area contributed by atoms with E-state index >= 15 is 8.78 Å². The molecular formula is C29H29F2N7O6S. The van der Waals surface area contributed by atoms with Gasteiger partial charge in [-0.25, -0.2) is 36.7 Å². The molecule has 4 aromatic rings. The lowest BCUT2D eigenvalue weighted by Gasteiger charge is -2.40. The summed E-state index contributed by atoms with van der Waals surface area (Å²) in [5, 5.41) is 11.7. The molecule has 13 nitrogen and oxygen atoms in total. The van der Waals surface area contributed by atoms with Gasteiger partial charge in [0.05, 0.1) is 22.3 Å². The predicted molar refractivity (Wildman–Crippen MR) is 162 cm³/mol. The van der Waals surface area contributed by atoms with Crippen molar-refractivity contribution in [1.29, 1.82) is 0 Å². The van der Waals surface area contributed by atoms with E-state index in [1.165, 1.54) is 46.1 Å². The molecule has 0 aliphatic carbocycles. The smallest absolute Gasteiger partial charge is 0.341 e. The molecule has 1 amide bonds. The fourth-order valence-electron chi connectivity index (χ4n) is 5.23. The minimum absolute atomic E-state index is 0.0298. The summed E-state index contributed by atoms with van der Waals surface area (Å²) in [6, 6.07) is 7.67. The molecule has 236 valence electrons. The lowest BCUT2D eigenvalue weighted by atomic mass is 10.1. The largest absolute Gasteiger partial charge is 0.477 e. The van der Waals surface area contributed by atoms with E-state index in [2.05, 4.69) is 20.0 Å². The summed E-state index contributed by atoms with van der Waals surface area (Å²) < 4.78 is 59.9. The van der Waals surface area contributed by atoms with E-state index in [0.717, 1.165) is 12.3 Å². The van der Waals surface area contributed by atoms with Crippen LogP contribution in [-0.2, 0) is 21.4 Å². The first-order chi connectivity index (χ1) is 21.4. The van der Waals surface area contributed by atoms with Crippen molar-refractivity contribution < 1.29 is 31.9 Å². The Morgan fingerprint density at radius 3 is 2.42 bits per heavy atom. The van der Waals surface area contributed by atoms with Crippen molar-refractivity contribution in [2.24, 2.45) is 0 Å². The van der Waals surface area contributed by atoms with E-state index in [-0.39, 0.29) is 72.1 Å². The van der Waals surface area contributed by atoms with Gasteiger partial charge in [0, 0.05) is 56.5 Å². The van der Waals surface area contributed by atoms with Gasteiger partial charge in [0.2, 0.25) is 17.3 Å². The Labute approximate surface area is 256 Å². The number of benzene rings is 2. The maximum absolute atomic E-state index is 15.8. The van der Waals surface area contributed by atoms with Gasteiger partial charge < -0.3 is 19.9 Å². The topological polar surface area (TPSA) is 167 Å². The fraction of sp³-hybridized carbons (Fsp3) is 0.276. The Morgan fingerprint density at radius 2 is 1.80 bits per heavy atom. The summed E-state index contributed by atoms with van der Waals surface area (Å²) in [5.74, 6) is -3.88. The number of sulfonamides is 1. The number of nitrogens with one attached hydrogen (secondary N) is 2. The van der Waals surface area contributed by atoms with Crippen molar-refractivity contribution in [3.8, 4) is 0 Å². The molecule has 1 aliphatic heterocycles. The van der Waals surface area contributed by atoms with Crippen molar-refractivity contribution in [2.45, 2.75) is 31.3 Å². The molecule has 0 radical (unpaired) electrons. The van der Waals surface area contributed by atoms with E-state index in [9.17, 15) is 27.9 Å². The van der Waals surface area contributed by atoms with Crippen molar-refractivity contribution >= 4 is 50.1 Å². The number of piperazine rings is 1. The van der Waals surface area contributed by atoms with Crippen LogP contribution in [0, 0.1) is 11.6 Å². The number of rotatable bonds is 9. The lowest BCUT2D eigenvalue weighted by molar-refractivity contribution is -0.117. The van der Waals surface area contributed by atoms with Crippen molar-refractivity contribution in [3.63, 3.8) is 0 Å².